The topological polar surface area (TPSA) is 38.3 Å². The Balaban J connectivity index is 1.72. The quantitative estimate of drug-likeness (QED) is 0.768. The van der Waals surface area contributed by atoms with Gasteiger partial charge in [0.25, 0.3) is 0 Å². The van der Waals surface area contributed by atoms with Crippen LogP contribution in [0.25, 0.3) is 0 Å². The van der Waals surface area contributed by atoms with E-state index in [1.54, 1.807) is 0 Å². The summed E-state index contributed by atoms with van der Waals surface area (Å²) in [5, 5.41) is 2.56. The highest BCUT2D eigenvalue weighted by Crippen LogP contribution is 2.29. The minimum Gasteiger partial charge on any atom is -0.494 e. The molecule has 0 bridgehead atoms. The molecule has 0 heterocycles. The zero-order valence-corrected chi connectivity index (χ0v) is 13.2. The van der Waals surface area contributed by atoms with Crippen LogP contribution in [-0.2, 0) is 11.0 Å². The molecule has 0 aliphatic heterocycles. The molecule has 128 valence electrons. The maximum atomic E-state index is 12.4. The van der Waals surface area contributed by atoms with Gasteiger partial charge < -0.3 is 10.1 Å². The Labute approximate surface area is 138 Å². The van der Waals surface area contributed by atoms with Crippen LogP contribution in [0.3, 0.4) is 0 Å². The molecule has 2 aromatic carbocycles. The number of amides is 1. The summed E-state index contributed by atoms with van der Waals surface area (Å²) < 4.78 is 42.9. The first kappa shape index (κ1) is 17.8. The lowest BCUT2D eigenvalue weighted by Gasteiger charge is -2.09. The summed E-state index contributed by atoms with van der Waals surface area (Å²) >= 11 is 0. The van der Waals surface area contributed by atoms with Gasteiger partial charge in [-0.2, -0.15) is 13.2 Å². The Morgan fingerprint density at radius 1 is 1.04 bits per heavy atom. The van der Waals surface area contributed by atoms with Crippen molar-refractivity contribution < 1.29 is 22.7 Å². The number of ether oxygens (including phenoxy) is 1. The van der Waals surface area contributed by atoms with E-state index >= 15 is 0 Å². The normalized spacial score (nSPS) is 11.2. The molecule has 2 rings (SSSR count). The first-order chi connectivity index (χ1) is 11.3. The van der Waals surface area contributed by atoms with Crippen LogP contribution in [-0.4, -0.2) is 12.5 Å². The summed E-state index contributed by atoms with van der Waals surface area (Å²) in [6.45, 7) is 2.37. The van der Waals surface area contributed by atoms with Crippen LogP contribution >= 0.6 is 0 Å². The molecule has 0 saturated heterocycles. The van der Waals surface area contributed by atoms with E-state index in [9.17, 15) is 18.0 Å². The number of alkyl halides is 3. The van der Waals surface area contributed by atoms with Crippen molar-refractivity contribution in [1.29, 1.82) is 0 Å². The molecule has 0 spiro atoms. The fraction of sp³-hybridized carbons (Fsp3) is 0.278. The van der Waals surface area contributed by atoms with Crippen molar-refractivity contribution in [3.05, 3.63) is 59.7 Å². The first-order valence-electron chi connectivity index (χ1n) is 7.51. The molecule has 0 unspecified atom stereocenters. The molecule has 1 amide bonds. The molecule has 6 heteroatoms. The fourth-order valence-corrected chi connectivity index (χ4v) is 2.02. The summed E-state index contributed by atoms with van der Waals surface area (Å²) in [6.07, 6.45) is -3.64. The van der Waals surface area contributed by atoms with Gasteiger partial charge in [0.1, 0.15) is 5.75 Å². The number of benzene rings is 2. The smallest absolute Gasteiger partial charge is 0.416 e. The molecule has 0 saturated carbocycles. The van der Waals surface area contributed by atoms with E-state index < -0.39 is 11.7 Å². The van der Waals surface area contributed by atoms with Crippen LogP contribution in [0.2, 0.25) is 0 Å². The van der Waals surface area contributed by atoms with Crippen molar-refractivity contribution in [2.24, 2.45) is 0 Å². The van der Waals surface area contributed by atoms with Gasteiger partial charge in [-0.25, -0.2) is 0 Å². The lowest BCUT2D eigenvalue weighted by Crippen LogP contribution is -2.13. The van der Waals surface area contributed by atoms with Gasteiger partial charge in [0.2, 0.25) is 5.91 Å². The first-order valence-corrected chi connectivity index (χ1v) is 7.51. The van der Waals surface area contributed by atoms with E-state index in [2.05, 4.69) is 5.32 Å². The molecular weight excluding hydrogens is 319 g/mol. The van der Waals surface area contributed by atoms with Crippen molar-refractivity contribution in [2.45, 2.75) is 25.9 Å². The van der Waals surface area contributed by atoms with Crippen LogP contribution < -0.4 is 10.1 Å². The van der Waals surface area contributed by atoms with E-state index in [-0.39, 0.29) is 12.3 Å². The average molecular weight is 337 g/mol. The Hall–Kier alpha value is -2.50. The molecule has 0 fully saturated rings. The molecule has 3 nitrogen and oxygen atoms in total. The van der Waals surface area contributed by atoms with E-state index in [0.29, 0.717) is 18.7 Å². The molecule has 1 N–H and O–H groups in total. The SMILES string of the molecule is Cc1ccc(OCCCC(=O)Nc2ccc(C(F)(F)F)cc2)cc1. The zero-order chi connectivity index (χ0) is 17.6. The molecule has 0 radical (unpaired) electrons. The highest BCUT2D eigenvalue weighted by molar-refractivity contribution is 5.90. The second kappa shape index (κ2) is 7.86. The van der Waals surface area contributed by atoms with E-state index in [0.717, 1.165) is 23.4 Å². The minimum atomic E-state index is -4.38. The third kappa shape index (κ3) is 5.61. The predicted molar refractivity (Wildman–Crippen MR) is 86.0 cm³/mol. The van der Waals surface area contributed by atoms with E-state index in [1.165, 1.54) is 12.1 Å². The second-order valence-corrected chi connectivity index (χ2v) is 5.39. The Morgan fingerprint density at radius 2 is 1.67 bits per heavy atom. The molecule has 24 heavy (non-hydrogen) atoms. The number of halogens is 3. The number of carbonyl (C=O) groups is 1. The van der Waals surface area contributed by atoms with Crippen molar-refractivity contribution in [3.63, 3.8) is 0 Å². The molecule has 0 aliphatic carbocycles. The minimum absolute atomic E-state index is 0.229. The van der Waals surface area contributed by atoms with Crippen LogP contribution in [0.15, 0.2) is 48.5 Å². The molecule has 0 aliphatic rings. The molecule has 0 aromatic heterocycles. The average Bonchev–Trinajstić information content (AvgIpc) is 2.53. The third-order valence-corrected chi connectivity index (χ3v) is 3.33. The van der Waals surface area contributed by atoms with E-state index in [1.807, 2.05) is 31.2 Å². The van der Waals surface area contributed by atoms with Crippen LogP contribution in [0.5, 0.6) is 5.75 Å². The fourth-order valence-electron chi connectivity index (χ4n) is 2.02. The Morgan fingerprint density at radius 3 is 2.25 bits per heavy atom. The number of carbonyl (C=O) groups excluding carboxylic acids is 1. The summed E-state index contributed by atoms with van der Waals surface area (Å²) in [5.41, 5.74) is 0.734. The second-order valence-electron chi connectivity index (χ2n) is 5.39. The van der Waals surface area contributed by atoms with Crippen LogP contribution in [0.1, 0.15) is 24.0 Å². The van der Waals surface area contributed by atoms with Gasteiger partial charge in [-0.3, -0.25) is 4.79 Å². The molecule has 2 aromatic rings. The van der Waals surface area contributed by atoms with Gasteiger partial charge in [0.15, 0.2) is 0 Å². The van der Waals surface area contributed by atoms with Gasteiger partial charge in [-0.1, -0.05) is 17.7 Å². The highest BCUT2D eigenvalue weighted by Gasteiger charge is 2.29. The summed E-state index contributed by atoms with van der Waals surface area (Å²) in [7, 11) is 0. The Bertz CT molecular complexity index is 664. The number of nitrogens with one attached hydrogen (secondary N) is 1. The molecule has 0 atom stereocenters. The highest BCUT2D eigenvalue weighted by atomic mass is 19.4. The lowest BCUT2D eigenvalue weighted by atomic mass is 10.2. The van der Waals surface area contributed by atoms with E-state index in [4.69, 9.17) is 4.74 Å². The monoisotopic (exact) mass is 337 g/mol. The number of hydrogen-bond donors (Lipinski definition) is 1. The van der Waals surface area contributed by atoms with Crippen molar-refractivity contribution >= 4 is 11.6 Å². The number of rotatable bonds is 6. The van der Waals surface area contributed by atoms with Gasteiger partial charge in [0, 0.05) is 12.1 Å². The number of aryl methyl sites for hydroxylation is 1. The zero-order valence-electron chi connectivity index (χ0n) is 13.2. The summed E-state index contributed by atoms with van der Waals surface area (Å²) in [6, 6.07) is 12.0. The van der Waals surface area contributed by atoms with Gasteiger partial charge in [0.05, 0.1) is 12.2 Å². The van der Waals surface area contributed by atoms with Gasteiger partial charge in [-0.05, 0) is 49.7 Å². The standard InChI is InChI=1S/C18H18F3NO2/c1-13-4-10-16(11-5-13)24-12-2-3-17(23)22-15-8-6-14(7-9-15)18(19,20)21/h4-11H,2-3,12H2,1H3,(H,22,23). The van der Waals surface area contributed by atoms with Gasteiger partial charge >= 0.3 is 6.18 Å². The maximum absolute atomic E-state index is 12.4. The number of anilines is 1. The van der Waals surface area contributed by atoms with Crippen molar-refractivity contribution in [2.75, 3.05) is 11.9 Å². The van der Waals surface area contributed by atoms with Crippen LogP contribution in [0, 0.1) is 6.92 Å². The van der Waals surface area contributed by atoms with Crippen LogP contribution in [0.4, 0.5) is 18.9 Å². The summed E-state index contributed by atoms with van der Waals surface area (Å²) in [5.74, 6) is 0.478. The van der Waals surface area contributed by atoms with Crippen molar-refractivity contribution in [1.82, 2.24) is 0 Å². The van der Waals surface area contributed by atoms with Crippen molar-refractivity contribution in [3.8, 4) is 5.75 Å². The summed E-state index contributed by atoms with van der Waals surface area (Å²) in [4.78, 5) is 11.8. The van der Waals surface area contributed by atoms with Gasteiger partial charge in [-0.15, -0.1) is 0 Å². The lowest BCUT2D eigenvalue weighted by molar-refractivity contribution is -0.137. The number of hydrogen-bond acceptors (Lipinski definition) is 2. The largest absolute Gasteiger partial charge is 0.494 e. The predicted octanol–water partition coefficient (Wildman–Crippen LogP) is 4.81. The molecular formula is C18H18F3NO2. The Kier molecular flexibility index (Phi) is 5.84. The third-order valence-electron chi connectivity index (χ3n) is 3.33. The maximum Gasteiger partial charge on any atom is 0.416 e.